The molecule has 1 aromatic carbocycles. The summed E-state index contributed by atoms with van der Waals surface area (Å²) in [5.74, 6) is 1.16. The molecule has 1 amide bonds. The molecule has 2 saturated carbocycles. The van der Waals surface area contributed by atoms with Gasteiger partial charge in [0.05, 0.1) is 6.33 Å². The molecule has 0 bridgehead atoms. The smallest absolute Gasteiger partial charge is 0.262 e. The van der Waals surface area contributed by atoms with Gasteiger partial charge in [0.1, 0.15) is 0 Å². The minimum absolute atomic E-state index is 0.00549. The maximum absolute atomic E-state index is 12.9. The van der Waals surface area contributed by atoms with Crippen LogP contribution in [0.5, 0.6) is 0 Å². The molecule has 1 aromatic heterocycles. The average Bonchev–Trinajstić information content (AvgIpc) is 3.47. The highest BCUT2D eigenvalue weighted by Gasteiger charge is 2.69. The zero-order chi connectivity index (χ0) is 21.1. The molecule has 3 fully saturated rings. The van der Waals surface area contributed by atoms with E-state index in [1.54, 1.807) is 46.4 Å². The molecule has 1 aliphatic heterocycles. The van der Waals surface area contributed by atoms with E-state index < -0.39 is 10.0 Å². The maximum Gasteiger partial charge on any atom is 0.262 e. The summed E-state index contributed by atoms with van der Waals surface area (Å²) in [5, 5.41) is 3.74. The van der Waals surface area contributed by atoms with E-state index in [2.05, 4.69) is 10.3 Å². The number of aryl methyl sites for hydroxylation is 1. The number of rotatable bonds is 7. The monoisotopic (exact) mass is 448 g/mol. The minimum Gasteiger partial charge on any atom is -0.351 e. The fourth-order valence-electron chi connectivity index (χ4n) is 5.13. The van der Waals surface area contributed by atoms with Crippen LogP contribution in [0, 0.1) is 23.2 Å². The summed E-state index contributed by atoms with van der Waals surface area (Å²) in [5.41, 5.74) is 0.556. The number of nitrogens with one attached hydrogen (secondary N) is 1. The number of sulfonamides is 1. The number of nitrogens with zero attached hydrogens (tertiary/aromatic N) is 3. The number of fused-ring (bicyclic) bond motifs is 1. The van der Waals surface area contributed by atoms with Crippen molar-refractivity contribution in [3.63, 3.8) is 0 Å². The number of hydrogen-bond acceptors (Lipinski definition) is 4. The van der Waals surface area contributed by atoms with Crippen molar-refractivity contribution >= 4 is 27.5 Å². The molecule has 2 unspecified atom stereocenters. The molecular weight excluding hydrogens is 424 g/mol. The number of amides is 1. The van der Waals surface area contributed by atoms with Crippen LogP contribution in [0.3, 0.4) is 0 Å². The number of piperidine rings is 1. The van der Waals surface area contributed by atoms with Crippen LogP contribution >= 0.6 is 11.6 Å². The SMILES string of the molecule is Cn1cnc(S(=O)(=O)N2CC3C(C2)C3(CNC(=O)c2cccc(Cl)c2)CC2CC2)c1. The van der Waals surface area contributed by atoms with Crippen LogP contribution in [0.15, 0.2) is 41.8 Å². The Morgan fingerprint density at radius 1 is 1.30 bits per heavy atom. The molecule has 30 heavy (non-hydrogen) atoms. The van der Waals surface area contributed by atoms with Crippen LogP contribution in [0.1, 0.15) is 29.6 Å². The van der Waals surface area contributed by atoms with Crippen molar-refractivity contribution < 1.29 is 13.2 Å². The molecule has 2 aliphatic carbocycles. The van der Waals surface area contributed by atoms with Crippen molar-refractivity contribution in [3.05, 3.63) is 47.4 Å². The third-order valence-corrected chi connectivity index (χ3v) is 8.92. The highest BCUT2D eigenvalue weighted by atomic mass is 35.5. The number of carbonyl (C=O) groups is 1. The topological polar surface area (TPSA) is 84.3 Å². The second-order valence-corrected chi connectivity index (χ2v) is 11.3. The highest BCUT2D eigenvalue weighted by Crippen LogP contribution is 2.67. The van der Waals surface area contributed by atoms with Crippen molar-refractivity contribution in [2.45, 2.75) is 24.3 Å². The van der Waals surface area contributed by atoms with Gasteiger partial charge in [0, 0.05) is 43.5 Å². The van der Waals surface area contributed by atoms with Crippen LogP contribution in [-0.2, 0) is 17.1 Å². The number of aromatic nitrogens is 2. The first-order valence-corrected chi connectivity index (χ1v) is 12.1. The molecular formula is C21H25ClN4O3S. The molecule has 9 heteroatoms. The van der Waals surface area contributed by atoms with Gasteiger partial charge < -0.3 is 9.88 Å². The van der Waals surface area contributed by atoms with E-state index in [9.17, 15) is 13.2 Å². The summed E-state index contributed by atoms with van der Waals surface area (Å²) < 4.78 is 29.0. The Labute approximate surface area is 181 Å². The predicted octanol–water partition coefficient (Wildman–Crippen LogP) is 2.54. The Kier molecular flexibility index (Phi) is 4.72. The van der Waals surface area contributed by atoms with Crippen molar-refractivity contribution in [1.82, 2.24) is 19.2 Å². The third kappa shape index (κ3) is 3.44. The van der Waals surface area contributed by atoms with Crippen LogP contribution in [0.2, 0.25) is 5.02 Å². The van der Waals surface area contributed by atoms with Crippen molar-refractivity contribution in [2.75, 3.05) is 19.6 Å². The van der Waals surface area contributed by atoms with Crippen LogP contribution in [-0.4, -0.2) is 47.8 Å². The van der Waals surface area contributed by atoms with Gasteiger partial charge in [-0.05, 0) is 47.8 Å². The lowest BCUT2D eigenvalue weighted by molar-refractivity contribution is 0.0937. The molecule has 2 atom stereocenters. The van der Waals surface area contributed by atoms with Gasteiger partial charge in [0.25, 0.3) is 15.9 Å². The Balaban J connectivity index is 1.28. The Morgan fingerprint density at radius 3 is 2.63 bits per heavy atom. The second kappa shape index (κ2) is 7.07. The lowest BCUT2D eigenvalue weighted by Gasteiger charge is -2.26. The quantitative estimate of drug-likeness (QED) is 0.705. The third-order valence-electron chi connectivity index (χ3n) is 6.97. The van der Waals surface area contributed by atoms with Crippen LogP contribution in [0.4, 0.5) is 0 Å². The molecule has 160 valence electrons. The van der Waals surface area contributed by atoms with Gasteiger partial charge >= 0.3 is 0 Å². The van der Waals surface area contributed by atoms with E-state index in [-0.39, 0.29) is 28.2 Å². The zero-order valence-electron chi connectivity index (χ0n) is 16.8. The van der Waals surface area contributed by atoms with Crippen molar-refractivity contribution in [3.8, 4) is 0 Å². The number of hydrogen-bond donors (Lipinski definition) is 1. The Bertz CT molecular complexity index is 1080. The zero-order valence-corrected chi connectivity index (χ0v) is 18.4. The fourth-order valence-corrected chi connectivity index (χ4v) is 6.77. The molecule has 0 spiro atoms. The van der Waals surface area contributed by atoms with Crippen LogP contribution in [0.25, 0.3) is 0 Å². The van der Waals surface area contributed by atoms with E-state index in [4.69, 9.17) is 11.6 Å². The summed E-state index contributed by atoms with van der Waals surface area (Å²) in [6, 6.07) is 6.93. The molecule has 7 nitrogen and oxygen atoms in total. The van der Waals surface area contributed by atoms with E-state index >= 15 is 0 Å². The number of halogens is 1. The van der Waals surface area contributed by atoms with Gasteiger partial charge in [-0.3, -0.25) is 4.79 Å². The lowest BCUT2D eigenvalue weighted by Crippen LogP contribution is -2.39. The minimum atomic E-state index is -3.56. The van der Waals surface area contributed by atoms with E-state index in [0.717, 1.165) is 6.42 Å². The standard InChI is InChI=1S/C21H25ClN4O3S/c1-25-11-19(24-13-25)30(28,29)26-9-17-18(10-26)21(17,8-14-5-6-14)12-23-20(27)15-3-2-4-16(22)7-15/h2-4,7,11,13-14,17-18H,5-6,8-10,12H2,1H3,(H,23,27). The van der Waals surface area contributed by atoms with Crippen LogP contribution < -0.4 is 5.32 Å². The Morgan fingerprint density at radius 2 is 2.03 bits per heavy atom. The largest absolute Gasteiger partial charge is 0.351 e. The molecule has 1 N–H and O–H groups in total. The van der Waals surface area contributed by atoms with Gasteiger partial charge in [-0.1, -0.05) is 30.5 Å². The summed E-state index contributed by atoms with van der Waals surface area (Å²) in [6.07, 6.45) is 6.59. The highest BCUT2D eigenvalue weighted by molar-refractivity contribution is 7.89. The average molecular weight is 449 g/mol. The molecule has 3 aliphatic rings. The molecule has 5 rings (SSSR count). The lowest BCUT2D eigenvalue weighted by atomic mass is 9.92. The Hall–Kier alpha value is -1.90. The van der Waals surface area contributed by atoms with Gasteiger partial charge in [-0.15, -0.1) is 0 Å². The molecule has 0 radical (unpaired) electrons. The van der Waals surface area contributed by atoms with Gasteiger partial charge in [0.2, 0.25) is 0 Å². The first-order chi connectivity index (χ1) is 14.3. The number of imidazole rings is 1. The summed E-state index contributed by atoms with van der Waals surface area (Å²) >= 11 is 6.01. The van der Waals surface area contributed by atoms with Crippen molar-refractivity contribution in [1.29, 1.82) is 0 Å². The number of benzene rings is 1. The molecule has 2 aromatic rings. The molecule has 1 saturated heterocycles. The fraction of sp³-hybridized carbons (Fsp3) is 0.524. The maximum atomic E-state index is 12.9. The van der Waals surface area contributed by atoms with Crippen molar-refractivity contribution in [2.24, 2.45) is 30.2 Å². The van der Waals surface area contributed by atoms with Gasteiger partial charge in [-0.2, -0.15) is 4.31 Å². The predicted molar refractivity (Wildman–Crippen MR) is 113 cm³/mol. The summed E-state index contributed by atoms with van der Waals surface area (Å²) in [7, 11) is -1.80. The second-order valence-electron chi connectivity index (χ2n) is 8.99. The van der Waals surface area contributed by atoms with E-state index in [1.807, 2.05) is 0 Å². The van der Waals surface area contributed by atoms with E-state index in [1.165, 1.54) is 19.2 Å². The number of carbonyl (C=O) groups excluding carboxylic acids is 1. The van der Waals surface area contributed by atoms with E-state index in [0.29, 0.717) is 36.1 Å². The summed E-state index contributed by atoms with van der Waals surface area (Å²) in [6.45, 7) is 1.59. The first-order valence-electron chi connectivity index (χ1n) is 10.3. The first kappa shape index (κ1) is 20.0. The molecule has 2 heterocycles. The van der Waals surface area contributed by atoms with Gasteiger partial charge in [0.15, 0.2) is 5.03 Å². The normalized spacial score (nSPS) is 28.3. The van der Waals surface area contributed by atoms with Gasteiger partial charge in [-0.25, -0.2) is 13.4 Å². The summed E-state index contributed by atoms with van der Waals surface area (Å²) in [4.78, 5) is 16.6.